The largest absolute Gasteiger partial charge is 0.493 e. The number of aromatic nitrogens is 2. The topological polar surface area (TPSA) is 116 Å². The maximum atomic E-state index is 12.7. The monoisotopic (exact) mass is 400 g/mol. The van der Waals surface area contributed by atoms with E-state index in [1.165, 1.54) is 29.9 Å². The molecule has 1 aromatic heterocycles. The van der Waals surface area contributed by atoms with Crippen molar-refractivity contribution in [3.63, 3.8) is 0 Å². The van der Waals surface area contributed by atoms with Crippen LogP contribution in [-0.4, -0.2) is 41.3 Å². The molecule has 1 aromatic carbocycles. The van der Waals surface area contributed by atoms with Crippen LogP contribution in [-0.2, 0) is 32.5 Å². The Bertz CT molecular complexity index is 981. The minimum Gasteiger partial charge on any atom is -0.493 e. The van der Waals surface area contributed by atoms with Crippen LogP contribution in [0.3, 0.4) is 0 Å². The van der Waals surface area contributed by atoms with Crippen molar-refractivity contribution in [2.45, 2.75) is 31.9 Å². The van der Waals surface area contributed by atoms with Gasteiger partial charge in [0.1, 0.15) is 12.2 Å². The van der Waals surface area contributed by atoms with E-state index in [4.69, 9.17) is 16.3 Å². The van der Waals surface area contributed by atoms with Gasteiger partial charge >= 0.3 is 5.97 Å². The fourth-order valence-corrected chi connectivity index (χ4v) is 3.64. The van der Waals surface area contributed by atoms with Crippen molar-refractivity contribution < 1.29 is 27.9 Å². The lowest BCUT2D eigenvalue weighted by atomic mass is 10.0. The van der Waals surface area contributed by atoms with Crippen molar-refractivity contribution in [3.8, 4) is 5.88 Å². The Hall–Kier alpha value is -2.39. The summed E-state index contributed by atoms with van der Waals surface area (Å²) < 4.78 is 30.0. The third-order valence-electron chi connectivity index (χ3n) is 3.62. The second-order valence-corrected chi connectivity index (χ2v) is 7.85. The normalized spacial score (nSPS) is 11.4. The molecule has 1 heterocycles. The number of nitrogens with zero attached hydrogens (tertiary/aromatic N) is 2. The minimum atomic E-state index is -3.67. The molecular formula is C16H17ClN2O6S. The Morgan fingerprint density at radius 1 is 1.31 bits per heavy atom. The minimum absolute atomic E-state index is 0.00223. The summed E-state index contributed by atoms with van der Waals surface area (Å²) in [5, 5.41) is 13.8. The Morgan fingerprint density at radius 2 is 1.96 bits per heavy atom. The highest BCUT2D eigenvalue weighted by Crippen LogP contribution is 2.31. The average molecular weight is 401 g/mol. The van der Waals surface area contributed by atoms with E-state index in [-0.39, 0.29) is 32.5 Å². The van der Waals surface area contributed by atoms with Gasteiger partial charge in [-0.25, -0.2) is 13.1 Å². The number of hydrogen-bond donors (Lipinski definition) is 1. The third kappa shape index (κ3) is 3.88. The first-order valence-corrected chi connectivity index (χ1v) is 9.79. The molecule has 2 aromatic rings. The van der Waals surface area contributed by atoms with Gasteiger partial charge in [0, 0.05) is 30.9 Å². The smallest absolute Gasteiger partial charge is 0.302 e. The van der Waals surface area contributed by atoms with Crippen molar-refractivity contribution in [1.29, 1.82) is 0 Å². The second kappa shape index (κ2) is 7.46. The van der Waals surface area contributed by atoms with Crippen LogP contribution < -0.4 is 0 Å². The summed E-state index contributed by atoms with van der Waals surface area (Å²) in [6.07, 6.45) is 2.18. The molecular weight excluding hydrogens is 384 g/mol. The zero-order valence-corrected chi connectivity index (χ0v) is 15.9. The molecule has 0 atom stereocenters. The fraction of sp³-hybridized carbons (Fsp3) is 0.312. The highest BCUT2D eigenvalue weighted by molar-refractivity contribution is 7.90. The molecule has 0 radical (unpaired) electrons. The van der Waals surface area contributed by atoms with Gasteiger partial charge in [0.2, 0.25) is 11.7 Å². The van der Waals surface area contributed by atoms with E-state index >= 15 is 0 Å². The van der Waals surface area contributed by atoms with E-state index < -0.39 is 28.2 Å². The van der Waals surface area contributed by atoms with Gasteiger partial charge in [0.15, 0.2) is 9.84 Å². The number of carbonyl (C=O) groups is 2. The lowest BCUT2D eigenvalue weighted by molar-refractivity contribution is -0.142. The molecule has 0 aliphatic carbocycles. The molecule has 10 heteroatoms. The summed E-state index contributed by atoms with van der Waals surface area (Å²) >= 11 is 6.26. The molecule has 2 rings (SSSR count). The van der Waals surface area contributed by atoms with Gasteiger partial charge in [0.05, 0.1) is 16.1 Å². The number of aryl methyl sites for hydroxylation is 1. The summed E-state index contributed by atoms with van der Waals surface area (Å²) in [6.45, 7) is 2.86. The molecule has 0 aliphatic heterocycles. The summed E-state index contributed by atoms with van der Waals surface area (Å²) in [5.74, 6) is -1.57. The van der Waals surface area contributed by atoms with Crippen LogP contribution in [0.1, 0.15) is 35.3 Å². The molecule has 26 heavy (non-hydrogen) atoms. The predicted molar refractivity (Wildman–Crippen MR) is 93.0 cm³/mol. The summed E-state index contributed by atoms with van der Waals surface area (Å²) in [4.78, 5) is 23.7. The molecule has 0 unspecified atom stereocenters. The molecule has 0 spiro atoms. The summed E-state index contributed by atoms with van der Waals surface area (Å²) in [5.41, 5.74) is -0.107. The zero-order chi connectivity index (χ0) is 19.6. The maximum absolute atomic E-state index is 12.7. The van der Waals surface area contributed by atoms with Gasteiger partial charge < -0.3 is 9.84 Å². The van der Waals surface area contributed by atoms with Crippen LogP contribution in [0.2, 0.25) is 5.02 Å². The number of aromatic hydroxyl groups is 1. The molecule has 0 amide bonds. The van der Waals surface area contributed by atoms with E-state index in [1.54, 1.807) is 6.92 Å². The van der Waals surface area contributed by atoms with Crippen LogP contribution in [0.25, 0.3) is 0 Å². The molecule has 0 bridgehead atoms. The number of halogens is 1. The van der Waals surface area contributed by atoms with Gasteiger partial charge in [-0.05, 0) is 19.1 Å². The highest BCUT2D eigenvalue weighted by Gasteiger charge is 2.25. The van der Waals surface area contributed by atoms with Crippen LogP contribution in [0.15, 0.2) is 23.2 Å². The maximum Gasteiger partial charge on any atom is 0.302 e. The van der Waals surface area contributed by atoms with Crippen LogP contribution in [0.4, 0.5) is 0 Å². The van der Waals surface area contributed by atoms with E-state index in [0.29, 0.717) is 6.54 Å². The van der Waals surface area contributed by atoms with Crippen LogP contribution >= 0.6 is 11.6 Å². The molecule has 0 saturated carbocycles. The van der Waals surface area contributed by atoms with Crippen molar-refractivity contribution >= 4 is 33.2 Å². The summed E-state index contributed by atoms with van der Waals surface area (Å²) in [7, 11) is -3.67. The second-order valence-electron chi connectivity index (χ2n) is 5.48. The SMILES string of the molecule is CCn1ncc(C(=O)c2ccc(S(C)(=O)=O)c(COC(C)=O)c2Cl)c1O. The number of ketones is 1. The fourth-order valence-electron chi connectivity index (χ4n) is 2.35. The van der Waals surface area contributed by atoms with Crippen LogP contribution in [0.5, 0.6) is 5.88 Å². The number of carbonyl (C=O) groups excluding carboxylic acids is 2. The third-order valence-corrected chi connectivity index (χ3v) is 5.23. The Labute approximate surface area is 155 Å². The molecule has 8 nitrogen and oxygen atoms in total. The molecule has 0 saturated heterocycles. The first kappa shape index (κ1) is 19.9. The lowest BCUT2D eigenvalue weighted by Gasteiger charge is -2.13. The molecule has 0 aliphatic rings. The Kier molecular flexibility index (Phi) is 5.72. The number of hydrogen-bond acceptors (Lipinski definition) is 7. The van der Waals surface area contributed by atoms with Gasteiger partial charge in [-0.3, -0.25) is 9.59 Å². The Morgan fingerprint density at radius 3 is 2.46 bits per heavy atom. The standard InChI is InChI=1S/C16H17ClN2O6S/c1-4-19-16(22)11(7-18-19)15(21)10-5-6-13(26(3,23)24)12(14(10)17)8-25-9(2)20/h5-7,22H,4,8H2,1-3H3. The average Bonchev–Trinajstić information content (AvgIpc) is 2.92. The van der Waals surface area contributed by atoms with Crippen molar-refractivity contribution in [2.24, 2.45) is 0 Å². The predicted octanol–water partition coefficient (Wildman–Crippen LogP) is 1.96. The van der Waals surface area contributed by atoms with Gasteiger partial charge in [-0.15, -0.1) is 0 Å². The number of rotatable bonds is 6. The summed E-state index contributed by atoms with van der Waals surface area (Å²) in [6, 6.07) is 2.47. The molecule has 1 N–H and O–H groups in total. The van der Waals surface area contributed by atoms with Crippen LogP contribution in [0, 0.1) is 0 Å². The highest BCUT2D eigenvalue weighted by atomic mass is 35.5. The van der Waals surface area contributed by atoms with Crippen molar-refractivity contribution in [2.75, 3.05) is 6.26 Å². The Balaban J connectivity index is 2.59. The molecule has 0 fully saturated rings. The number of sulfone groups is 1. The number of ether oxygens (including phenoxy) is 1. The van der Waals surface area contributed by atoms with E-state index in [2.05, 4.69) is 5.10 Å². The van der Waals surface area contributed by atoms with E-state index in [0.717, 1.165) is 6.26 Å². The van der Waals surface area contributed by atoms with Crippen molar-refractivity contribution in [3.05, 3.63) is 40.0 Å². The number of benzene rings is 1. The number of esters is 1. The molecule has 140 valence electrons. The quantitative estimate of drug-likeness (QED) is 0.582. The van der Waals surface area contributed by atoms with Crippen molar-refractivity contribution in [1.82, 2.24) is 9.78 Å². The van der Waals surface area contributed by atoms with Gasteiger partial charge in [0.25, 0.3) is 0 Å². The zero-order valence-electron chi connectivity index (χ0n) is 14.3. The van der Waals surface area contributed by atoms with Gasteiger partial charge in [-0.1, -0.05) is 11.6 Å². The van der Waals surface area contributed by atoms with E-state index in [1.807, 2.05) is 0 Å². The van der Waals surface area contributed by atoms with E-state index in [9.17, 15) is 23.1 Å². The first-order chi connectivity index (χ1) is 12.1. The van der Waals surface area contributed by atoms with Gasteiger partial charge in [-0.2, -0.15) is 5.10 Å². The first-order valence-electron chi connectivity index (χ1n) is 7.52. The lowest BCUT2D eigenvalue weighted by Crippen LogP contribution is -2.11.